The molecule has 0 aliphatic heterocycles. The van der Waals surface area contributed by atoms with Gasteiger partial charge >= 0.3 is 5.97 Å². The first kappa shape index (κ1) is 11.5. The van der Waals surface area contributed by atoms with E-state index in [1.54, 1.807) is 0 Å². The van der Waals surface area contributed by atoms with E-state index < -0.39 is 6.04 Å². The molecular formula is C11H21NO2. The SMILES string of the molecule is CCOC(=O)C(N)C1(C)CCCCC1. The van der Waals surface area contributed by atoms with Crippen LogP contribution in [0.4, 0.5) is 0 Å². The number of rotatable bonds is 3. The molecule has 82 valence electrons. The standard InChI is InChI=1S/C11H21NO2/c1-3-14-10(13)9(12)11(2)7-5-4-6-8-11/h9H,3-8,12H2,1-2H3. The van der Waals surface area contributed by atoms with Crippen molar-refractivity contribution in [3.8, 4) is 0 Å². The predicted octanol–water partition coefficient (Wildman–Crippen LogP) is 1.85. The molecule has 3 nitrogen and oxygen atoms in total. The molecule has 0 aromatic heterocycles. The van der Waals surface area contributed by atoms with Crippen LogP contribution in [0.2, 0.25) is 0 Å². The van der Waals surface area contributed by atoms with Crippen molar-refractivity contribution in [2.45, 2.75) is 52.0 Å². The van der Waals surface area contributed by atoms with E-state index in [0.29, 0.717) is 6.61 Å². The summed E-state index contributed by atoms with van der Waals surface area (Å²) in [4.78, 5) is 11.5. The van der Waals surface area contributed by atoms with Gasteiger partial charge in [0.05, 0.1) is 6.61 Å². The molecule has 0 aromatic rings. The van der Waals surface area contributed by atoms with Gasteiger partial charge in [-0.2, -0.15) is 0 Å². The van der Waals surface area contributed by atoms with Crippen molar-refractivity contribution in [1.82, 2.24) is 0 Å². The van der Waals surface area contributed by atoms with Crippen LogP contribution in [0.25, 0.3) is 0 Å². The van der Waals surface area contributed by atoms with Gasteiger partial charge in [-0.1, -0.05) is 26.2 Å². The highest BCUT2D eigenvalue weighted by Crippen LogP contribution is 2.38. The van der Waals surface area contributed by atoms with E-state index >= 15 is 0 Å². The molecule has 0 heterocycles. The van der Waals surface area contributed by atoms with Gasteiger partial charge in [0.25, 0.3) is 0 Å². The molecule has 0 radical (unpaired) electrons. The monoisotopic (exact) mass is 199 g/mol. The van der Waals surface area contributed by atoms with Crippen LogP contribution in [0.15, 0.2) is 0 Å². The highest BCUT2D eigenvalue weighted by atomic mass is 16.5. The van der Waals surface area contributed by atoms with Crippen LogP contribution in [0.1, 0.15) is 46.0 Å². The van der Waals surface area contributed by atoms with Gasteiger partial charge < -0.3 is 10.5 Å². The number of hydrogen-bond donors (Lipinski definition) is 1. The second-order valence-corrected chi connectivity index (χ2v) is 4.44. The molecule has 3 heteroatoms. The van der Waals surface area contributed by atoms with E-state index in [0.717, 1.165) is 12.8 Å². The van der Waals surface area contributed by atoms with Gasteiger partial charge in [-0.25, -0.2) is 0 Å². The molecule has 1 aliphatic rings. The van der Waals surface area contributed by atoms with E-state index in [1.165, 1.54) is 19.3 Å². The van der Waals surface area contributed by atoms with Gasteiger partial charge in [0.15, 0.2) is 0 Å². The molecular weight excluding hydrogens is 178 g/mol. The lowest BCUT2D eigenvalue weighted by Gasteiger charge is -2.37. The summed E-state index contributed by atoms with van der Waals surface area (Å²) in [7, 11) is 0. The smallest absolute Gasteiger partial charge is 0.323 e. The second kappa shape index (κ2) is 4.78. The summed E-state index contributed by atoms with van der Waals surface area (Å²) in [6.07, 6.45) is 5.73. The summed E-state index contributed by atoms with van der Waals surface area (Å²) in [6, 6.07) is -0.442. The number of esters is 1. The third kappa shape index (κ3) is 2.47. The number of carbonyl (C=O) groups is 1. The van der Waals surface area contributed by atoms with Gasteiger partial charge in [0, 0.05) is 0 Å². The Morgan fingerprint density at radius 1 is 1.43 bits per heavy atom. The lowest BCUT2D eigenvalue weighted by molar-refractivity contribution is -0.148. The van der Waals surface area contributed by atoms with Crippen molar-refractivity contribution in [2.24, 2.45) is 11.1 Å². The lowest BCUT2D eigenvalue weighted by atomic mass is 9.71. The number of nitrogens with two attached hydrogens (primary N) is 1. The Bertz CT molecular complexity index is 197. The largest absolute Gasteiger partial charge is 0.465 e. The number of hydrogen-bond acceptors (Lipinski definition) is 3. The highest BCUT2D eigenvalue weighted by Gasteiger charge is 2.38. The van der Waals surface area contributed by atoms with E-state index in [-0.39, 0.29) is 11.4 Å². The third-order valence-electron chi connectivity index (χ3n) is 3.29. The third-order valence-corrected chi connectivity index (χ3v) is 3.29. The summed E-state index contributed by atoms with van der Waals surface area (Å²) in [6.45, 7) is 4.34. The van der Waals surface area contributed by atoms with Crippen molar-refractivity contribution >= 4 is 5.97 Å². The van der Waals surface area contributed by atoms with Crippen LogP contribution < -0.4 is 5.73 Å². The maximum absolute atomic E-state index is 11.5. The van der Waals surface area contributed by atoms with Crippen molar-refractivity contribution < 1.29 is 9.53 Å². The van der Waals surface area contributed by atoms with Crippen molar-refractivity contribution in [2.75, 3.05) is 6.61 Å². The van der Waals surface area contributed by atoms with Crippen LogP contribution >= 0.6 is 0 Å². The second-order valence-electron chi connectivity index (χ2n) is 4.44. The summed E-state index contributed by atoms with van der Waals surface area (Å²) >= 11 is 0. The first-order valence-corrected chi connectivity index (χ1v) is 5.52. The Hall–Kier alpha value is -0.570. The van der Waals surface area contributed by atoms with Crippen LogP contribution in [-0.4, -0.2) is 18.6 Å². The fraction of sp³-hybridized carbons (Fsp3) is 0.909. The Morgan fingerprint density at radius 2 is 2.00 bits per heavy atom. The minimum atomic E-state index is -0.442. The minimum absolute atomic E-state index is 0.0372. The fourth-order valence-corrected chi connectivity index (χ4v) is 2.19. The molecule has 0 bridgehead atoms. The highest BCUT2D eigenvalue weighted by molar-refractivity contribution is 5.76. The zero-order valence-electron chi connectivity index (χ0n) is 9.21. The van der Waals surface area contributed by atoms with Gasteiger partial charge in [0.1, 0.15) is 6.04 Å². The Balaban J connectivity index is 2.56. The average Bonchev–Trinajstić information content (AvgIpc) is 2.18. The first-order valence-electron chi connectivity index (χ1n) is 5.52. The maximum atomic E-state index is 11.5. The van der Waals surface area contributed by atoms with Crippen LogP contribution in [0.3, 0.4) is 0 Å². The molecule has 1 fully saturated rings. The average molecular weight is 199 g/mol. The summed E-state index contributed by atoms with van der Waals surface area (Å²) in [5, 5.41) is 0. The topological polar surface area (TPSA) is 52.3 Å². The van der Waals surface area contributed by atoms with Crippen LogP contribution in [0, 0.1) is 5.41 Å². The zero-order chi connectivity index (χ0) is 10.6. The maximum Gasteiger partial charge on any atom is 0.323 e. The first-order chi connectivity index (χ1) is 6.60. The summed E-state index contributed by atoms with van der Waals surface area (Å²) in [5.41, 5.74) is 5.90. The van der Waals surface area contributed by atoms with E-state index in [9.17, 15) is 4.79 Å². The quantitative estimate of drug-likeness (QED) is 0.706. The number of ether oxygens (including phenoxy) is 1. The zero-order valence-corrected chi connectivity index (χ0v) is 9.21. The molecule has 0 amide bonds. The van der Waals surface area contributed by atoms with Gasteiger partial charge in [-0.05, 0) is 25.2 Å². The van der Waals surface area contributed by atoms with E-state index in [2.05, 4.69) is 6.92 Å². The van der Waals surface area contributed by atoms with Crippen molar-refractivity contribution in [1.29, 1.82) is 0 Å². The van der Waals surface area contributed by atoms with Crippen molar-refractivity contribution in [3.05, 3.63) is 0 Å². The van der Waals surface area contributed by atoms with Gasteiger partial charge in [-0.15, -0.1) is 0 Å². The minimum Gasteiger partial charge on any atom is -0.465 e. The predicted molar refractivity (Wildman–Crippen MR) is 55.8 cm³/mol. The Kier molecular flexibility index (Phi) is 3.93. The molecule has 0 saturated heterocycles. The molecule has 1 saturated carbocycles. The van der Waals surface area contributed by atoms with E-state index in [1.807, 2.05) is 6.92 Å². The molecule has 1 unspecified atom stereocenters. The van der Waals surface area contributed by atoms with Crippen LogP contribution in [-0.2, 0) is 9.53 Å². The molecule has 1 rings (SSSR count). The molecule has 2 N–H and O–H groups in total. The van der Waals surface area contributed by atoms with Gasteiger partial charge in [0.2, 0.25) is 0 Å². The molecule has 1 atom stereocenters. The molecule has 0 spiro atoms. The molecule has 0 aromatic carbocycles. The number of carbonyl (C=O) groups excluding carboxylic acids is 1. The normalized spacial score (nSPS) is 22.8. The summed E-state index contributed by atoms with van der Waals surface area (Å²) in [5.74, 6) is -0.239. The lowest BCUT2D eigenvalue weighted by Crippen LogP contribution is -2.47. The summed E-state index contributed by atoms with van der Waals surface area (Å²) < 4.78 is 4.96. The molecule has 14 heavy (non-hydrogen) atoms. The van der Waals surface area contributed by atoms with E-state index in [4.69, 9.17) is 10.5 Å². The Morgan fingerprint density at radius 3 is 2.50 bits per heavy atom. The van der Waals surface area contributed by atoms with Crippen LogP contribution in [0.5, 0.6) is 0 Å². The van der Waals surface area contributed by atoms with Crippen molar-refractivity contribution in [3.63, 3.8) is 0 Å². The molecule has 1 aliphatic carbocycles. The Labute approximate surface area is 86.0 Å². The van der Waals surface area contributed by atoms with Gasteiger partial charge in [-0.3, -0.25) is 4.79 Å². The fourth-order valence-electron chi connectivity index (χ4n) is 2.19.